The van der Waals surface area contributed by atoms with Gasteiger partial charge in [-0.1, -0.05) is 0 Å². The Bertz CT molecular complexity index is 457. The fraction of sp³-hybridized carbons (Fsp3) is 0.222. The number of halogens is 1. The SMILES string of the molecule is Cc1nc(CNc2cc(F)ncn2)cs1. The van der Waals surface area contributed by atoms with Gasteiger partial charge in [-0.15, -0.1) is 11.3 Å². The largest absolute Gasteiger partial charge is 0.364 e. The van der Waals surface area contributed by atoms with Gasteiger partial charge in [0.15, 0.2) is 0 Å². The second-order valence-electron chi connectivity index (χ2n) is 2.94. The van der Waals surface area contributed by atoms with Crippen molar-refractivity contribution in [3.63, 3.8) is 0 Å². The fourth-order valence-corrected chi connectivity index (χ4v) is 1.71. The van der Waals surface area contributed by atoms with Gasteiger partial charge < -0.3 is 5.32 Å². The molecule has 0 amide bonds. The number of aryl methyl sites for hydroxylation is 1. The highest BCUT2D eigenvalue weighted by molar-refractivity contribution is 7.09. The van der Waals surface area contributed by atoms with Gasteiger partial charge in [0.2, 0.25) is 5.95 Å². The van der Waals surface area contributed by atoms with Crippen LogP contribution in [0.2, 0.25) is 0 Å². The first kappa shape index (κ1) is 9.97. The highest BCUT2D eigenvalue weighted by Gasteiger charge is 2.00. The average Bonchev–Trinajstić information content (AvgIpc) is 2.62. The van der Waals surface area contributed by atoms with Crippen molar-refractivity contribution in [1.29, 1.82) is 0 Å². The van der Waals surface area contributed by atoms with Gasteiger partial charge in [0.1, 0.15) is 12.1 Å². The quantitative estimate of drug-likeness (QED) is 0.810. The van der Waals surface area contributed by atoms with E-state index >= 15 is 0 Å². The molecule has 0 aliphatic heterocycles. The maximum Gasteiger partial charge on any atom is 0.217 e. The molecule has 15 heavy (non-hydrogen) atoms. The molecule has 78 valence electrons. The zero-order valence-corrected chi connectivity index (χ0v) is 8.88. The Morgan fingerprint density at radius 3 is 3.00 bits per heavy atom. The molecule has 0 saturated carbocycles. The van der Waals surface area contributed by atoms with Crippen LogP contribution in [-0.2, 0) is 6.54 Å². The van der Waals surface area contributed by atoms with Gasteiger partial charge in [-0.3, -0.25) is 0 Å². The number of rotatable bonds is 3. The van der Waals surface area contributed by atoms with Crippen molar-refractivity contribution in [3.05, 3.63) is 34.4 Å². The summed E-state index contributed by atoms with van der Waals surface area (Å²) in [5.74, 6) is -0.0740. The molecule has 0 radical (unpaired) electrons. The molecule has 1 N–H and O–H groups in total. The number of nitrogens with zero attached hydrogens (tertiary/aromatic N) is 3. The van der Waals surface area contributed by atoms with Crippen molar-refractivity contribution in [2.75, 3.05) is 5.32 Å². The molecule has 0 aliphatic carbocycles. The van der Waals surface area contributed by atoms with Crippen LogP contribution >= 0.6 is 11.3 Å². The highest BCUT2D eigenvalue weighted by atomic mass is 32.1. The topological polar surface area (TPSA) is 50.7 Å². The van der Waals surface area contributed by atoms with E-state index in [0.717, 1.165) is 10.7 Å². The predicted octanol–water partition coefficient (Wildman–Crippen LogP) is 1.99. The van der Waals surface area contributed by atoms with E-state index in [9.17, 15) is 4.39 Å². The molecule has 0 aliphatic rings. The van der Waals surface area contributed by atoms with E-state index < -0.39 is 5.95 Å². The smallest absolute Gasteiger partial charge is 0.217 e. The van der Waals surface area contributed by atoms with E-state index in [1.807, 2.05) is 12.3 Å². The maximum atomic E-state index is 12.7. The number of hydrogen-bond donors (Lipinski definition) is 1. The summed E-state index contributed by atoms with van der Waals surface area (Å²) in [5, 5.41) is 5.94. The molecule has 0 spiro atoms. The molecule has 2 heterocycles. The molecular formula is C9H9FN4S. The third-order valence-electron chi connectivity index (χ3n) is 1.75. The molecule has 4 nitrogen and oxygen atoms in total. The van der Waals surface area contributed by atoms with Crippen LogP contribution < -0.4 is 5.32 Å². The standard InChI is InChI=1S/C9H9FN4S/c1-6-14-7(4-15-6)3-11-9-2-8(10)12-5-13-9/h2,4-5H,3H2,1H3,(H,11,12,13). The summed E-state index contributed by atoms with van der Waals surface area (Å²) < 4.78 is 12.7. The van der Waals surface area contributed by atoms with Crippen LogP contribution in [0.15, 0.2) is 17.8 Å². The lowest BCUT2D eigenvalue weighted by atomic mass is 10.4. The first-order valence-electron chi connectivity index (χ1n) is 4.36. The van der Waals surface area contributed by atoms with E-state index in [2.05, 4.69) is 20.3 Å². The molecule has 0 fully saturated rings. The molecule has 2 rings (SSSR count). The highest BCUT2D eigenvalue weighted by Crippen LogP contribution is 2.10. The van der Waals surface area contributed by atoms with Crippen LogP contribution in [0.25, 0.3) is 0 Å². The van der Waals surface area contributed by atoms with Crippen molar-refractivity contribution >= 4 is 17.2 Å². The Labute approximate surface area is 90.2 Å². The van der Waals surface area contributed by atoms with Crippen LogP contribution in [0.1, 0.15) is 10.7 Å². The van der Waals surface area contributed by atoms with Gasteiger partial charge in [0.05, 0.1) is 17.2 Å². The first-order chi connectivity index (χ1) is 7.24. The minimum atomic E-state index is -0.540. The number of nitrogens with one attached hydrogen (secondary N) is 1. The van der Waals surface area contributed by atoms with Gasteiger partial charge >= 0.3 is 0 Å². The van der Waals surface area contributed by atoms with Gasteiger partial charge in [-0.05, 0) is 6.92 Å². The van der Waals surface area contributed by atoms with Crippen molar-refractivity contribution in [3.8, 4) is 0 Å². The van der Waals surface area contributed by atoms with Crippen LogP contribution in [0, 0.1) is 12.9 Å². The second-order valence-corrected chi connectivity index (χ2v) is 4.00. The summed E-state index contributed by atoms with van der Waals surface area (Å²) in [7, 11) is 0. The molecule has 2 aromatic rings. The van der Waals surface area contributed by atoms with Crippen LogP contribution in [0.5, 0.6) is 0 Å². The Kier molecular flexibility index (Phi) is 2.86. The molecule has 0 bridgehead atoms. The fourth-order valence-electron chi connectivity index (χ4n) is 1.10. The lowest BCUT2D eigenvalue weighted by Crippen LogP contribution is -2.02. The van der Waals surface area contributed by atoms with Crippen molar-refractivity contribution in [1.82, 2.24) is 15.0 Å². The summed E-state index contributed by atoms with van der Waals surface area (Å²) in [4.78, 5) is 11.5. The molecule has 2 aromatic heterocycles. The van der Waals surface area contributed by atoms with E-state index in [1.54, 1.807) is 11.3 Å². The van der Waals surface area contributed by atoms with E-state index in [4.69, 9.17) is 0 Å². The predicted molar refractivity (Wildman–Crippen MR) is 56.2 cm³/mol. The number of hydrogen-bond acceptors (Lipinski definition) is 5. The van der Waals surface area contributed by atoms with Crippen molar-refractivity contribution in [2.45, 2.75) is 13.5 Å². The van der Waals surface area contributed by atoms with E-state index in [1.165, 1.54) is 12.4 Å². The Hall–Kier alpha value is -1.56. The molecule has 0 saturated heterocycles. The molecule has 6 heteroatoms. The van der Waals surface area contributed by atoms with Crippen LogP contribution in [0.4, 0.5) is 10.2 Å². The lowest BCUT2D eigenvalue weighted by Gasteiger charge is -2.01. The molecular weight excluding hydrogens is 215 g/mol. The van der Waals surface area contributed by atoms with Gasteiger partial charge in [-0.25, -0.2) is 15.0 Å². The molecule has 0 atom stereocenters. The summed E-state index contributed by atoms with van der Waals surface area (Å²) in [6.07, 6.45) is 1.18. The van der Waals surface area contributed by atoms with Gasteiger partial charge in [-0.2, -0.15) is 4.39 Å². The first-order valence-corrected chi connectivity index (χ1v) is 5.24. The van der Waals surface area contributed by atoms with Crippen LogP contribution in [0.3, 0.4) is 0 Å². The van der Waals surface area contributed by atoms with E-state index in [0.29, 0.717) is 12.4 Å². The number of aromatic nitrogens is 3. The average molecular weight is 224 g/mol. The van der Waals surface area contributed by atoms with E-state index in [-0.39, 0.29) is 0 Å². The zero-order chi connectivity index (χ0) is 10.7. The number of thiazole rings is 1. The summed E-state index contributed by atoms with van der Waals surface area (Å²) >= 11 is 1.58. The van der Waals surface area contributed by atoms with Crippen molar-refractivity contribution in [2.24, 2.45) is 0 Å². The van der Waals surface area contributed by atoms with Crippen LogP contribution in [-0.4, -0.2) is 15.0 Å². The van der Waals surface area contributed by atoms with Gasteiger partial charge in [0.25, 0.3) is 0 Å². The minimum absolute atomic E-state index is 0.466. The molecule has 0 unspecified atom stereocenters. The number of anilines is 1. The lowest BCUT2D eigenvalue weighted by molar-refractivity contribution is 0.580. The minimum Gasteiger partial charge on any atom is -0.364 e. The summed E-state index contributed by atoms with van der Waals surface area (Å²) in [5.41, 5.74) is 0.927. The Morgan fingerprint density at radius 2 is 2.33 bits per heavy atom. The Morgan fingerprint density at radius 1 is 1.47 bits per heavy atom. The third kappa shape index (κ3) is 2.69. The summed E-state index contributed by atoms with van der Waals surface area (Å²) in [6.45, 7) is 2.49. The van der Waals surface area contributed by atoms with Gasteiger partial charge in [0, 0.05) is 11.4 Å². The molecule has 0 aromatic carbocycles. The normalized spacial score (nSPS) is 10.3. The Balaban J connectivity index is 1.99. The maximum absolute atomic E-state index is 12.7. The third-order valence-corrected chi connectivity index (χ3v) is 2.57. The van der Waals surface area contributed by atoms with Crippen molar-refractivity contribution < 1.29 is 4.39 Å². The monoisotopic (exact) mass is 224 g/mol. The second kappa shape index (κ2) is 4.31. The zero-order valence-electron chi connectivity index (χ0n) is 8.07. The summed E-state index contributed by atoms with van der Waals surface area (Å²) in [6, 6.07) is 1.25.